The van der Waals surface area contributed by atoms with Gasteiger partial charge in [-0.15, -0.1) is 0 Å². The quantitative estimate of drug-likeness (QED) is 0.288. The molecule has 0 aliphatic carbocycles. The summed E-state index contributed by atoms with van der Waals surface area (Å²) in [6.07, 6.45) is 3.12. The third kappa shape index (κ3) is 4.60. The van der Waals surface area contributed by atoms with Gasteiger partial charge in [0, 0.05) is 30.5 Å². The van der Waals surface area contributed by atoms with Crippen LogP contribution in [0.1, 0.15) is 12.0 Å². The number of aromatic amines is 1. The minimum atomic E-state index is -1.01. The van der Waals surface area contributed by atoms with Gasteiger partial charge in [-0.05, 0) is 43.7 Å². The van der Waals surface area contributed by atoms with Crippen molar-refractivity contribution in [1.29, 1.82) is 0 Å². The number of benzene rings is 1. The fourth-order valence-electron chi connectivity index (χ4n) is 3.83. The number of anilines is 5. The Bertz CT molecular complexity index is 1400. The molecule has 174 valence electrons. The summed E-state index contributed by atoms with van der Waals surface area (Å²) in [4.78, 5) is 40.3. The van der Waals surface area contributed by atoms with Gasteiger partial charge in [0.05, 0.1) is 23.4 Å². The molecular weight excluding hydrogens is 440 g/mol. The zero-order valence-corrected chi connectivity index (χ0v) is 18.2. The molecular formula is C22H22N8O4. The first-order chi connectivity index (χ1) is 16.4. The van der Waals surface area contributed by atoms with E-state index >= 15 is 0 Å². The highest BCUT2D eigenvalue weighted by atomic mass is 16.4. The van der Waals surface area contributed by atoms with Crippen LogP contribution < -0.4 is 26.6 Å². The predicted molar refractivity (Wildman–Crippen MR) is 126 cm³/mol. The van der Waals surface area contributed by atoms with Gasteiger partial charge in [0.2, 0.25) is 5.95 Å². The monoisotopic (exact) mass is 462 g/mol. The van der Waals surface area contributed by atoms with Gasteiger partial charge in [0.15, 0.2) is 5.58 Å². The number of carboxylic acid groups (broad SMARTS) is 1. The molecule has 12 nitrogen and oxygen atoms in total. The van der Waals surface area contributed by atoms with Crippen molar-refractivity contribution in [3.63, 3.8) is 0 Å². The van der Waals surface area contributed by atoms with E-state index in [1.807, 2.05) is 24.0 Å². The van der Waals surface area contributed by atoms with E-state index in [0.29, 0.717) is 29.4 Å². The zero-order chi connectivity index (χ0) is 23.7. The minimum Gasteiger partial charge on any atom is -0.465 e. The number of fused-ring (bicyclic) bond motifs is 1. The minimum absolute atomic E-state index is 0.0987. The van der Waals surface area contributed by atoms with E-state index in [9.17, 15) is 9.59 Å². The van der Waals surface area contributed by atoms with Crippen LogP contribution in [0.15, 0.2) is 51.9 Å². The molecule has 1 aliphatic rings. The van der Waals surface area contributed by atoms with Crippen molar-refractivity contribution in [3.8, 4) is 0 Å². The van der Waals surface area contributed by atoms with Crippen molar-refractivity contribution in [2.75, 3.05) is 28.6 Å². The molecule has 0 bridgehead atoms. The van der Waals surface area contributed by atoms with Gasteiger partial charge in [0.25, 0.3) is 0 Å². The second-order valence-corrected chi connectivity index (χ2v) is 7.99. The first-order valence-corrected chi connectivity index (χ1v) is 10.6. The van der Waals surface area contributed by atoms with Crippen molar-refractivity contribution in [2.45, 2.75) is 19.4 Å². The topological polar surface area (TPSA) is 161 Å². The van der Waals surface area contributed by atoms with Crippen LogP contribution in [0.5, 0.6) is 0 Å². The molecule has 1 saturated heterocycles. The molecule has 5 N–H and O–H groups in total. The fourth-order valence-corrected chi connectivity index (χ4v) is 3.83. The SMILES string of the molecule is Cc1cnc(Nc2ccc(N3CCC(NC(=O)O)C3)nc2)nc1Nc1ccc2oc(=O)[nH]c2c1. The Kier molecular flexibility index (Phi) is 5.46. The highest BCUT2D eigenvalue weighted by molar-refractivity contribution is 5.78. The molecule has 0 spiro atoms. The number of hydrogen-bond acceptors (Lipinski definition) is 9. The first-order valence-electron chi connectivity index (χ1n) is 10.6. The molecule has 1 fully saturated rings. The third-order valence-corrected chi connectivity index (χ3v) is 5.50. The van der Waals surface area contributed by atoms with E-state index in [0.717, 1.165) is 35.7 Å². The van der Waals surface area contributed by atoms with Gasteiger partial charge in [-0.1, -0.05) is 0 Å². The van der Waals surface area contributed by atoms with Crippen LogP contribution in [0.4, 0.5) is 33.8 Å². The fraction of sp³-hybridized carbons (Fsp3) is 0.227. The maximum absolute atomic E-state index is 11.4. The summed E-state index contributed by atoms with van der Waals surface area (Å²) in [5.41, 5.74) is 3.38. The molecule has 1 amide bonds. The van der Waals surface area contributed by atoms with Gasteiger partial charge in [0.1, 0.15) is 11.6 Å². The van der Waals surface area contributed by atoms with E-state index in [4.69, 9.17) is 9.52 Å². The van der Waals surface area contributed by atoms with Gasteiger partial charge >= 0.3 is 11.8 Å². The summed E-state index contributed by atoms with van der Waals surface area (Å²) < 4.78 is 5.03. The van der Waals surface area contributed by atoms with E-state index < -0.39 is 11.8 Å². The van der Waals surface area contributed by atoms with E-state index in [-0.39, 0.29) is 6.04 Å². The lowest BCUT2D eigenvalue weighted by Crippen LogP contribution is -2.36. The van der Waals surface area contributed by atoms with Crippen molar-refractivity contribution in [2.24, 2.45) is 0 Å². The Balaban J connectivity index is 1.27. The van der Waals surface area contributed by atoms with Crippen molar-refractivity contribution >= 4 is 46.2 Å². The summed E-state index contributed by atoms with van der Waals surface area (Å²) in [7, 11) is 0. The zero-order valence-electron chi connectivity index (χ0n) is 18.2. The molecule has 34 heavy (non-hydrogen) atoms. The maximum Gasteiger partial charge on any atom is 0.417 e. The number of nitrogens with zero attached hydrogens (tertiary/aromatic N) is 4. The number of pyridine rings is 1. The highest BCUT2D eigenvalue weighted by Crippen LogP contribution is 2.24. The van der Waals surface area contributed by atoms with Crippen LogP contribution >= 0.6 is 0 Å². The number of H-pyrrole nitrogens is 1. The lowest BCUT2D eigenvalue weighted by atomic mass is 10.2. The Morgan fingerprint density at radius 3 is 2.82 bits per heavy atom. The van der Waals surface area contributed by atoms with Crippen molar-refractivity contribution in [3.05, 3.63) is 58.8 Å². The smallest absolute Gasteiger partial charge is 0.417 e. The molecule has 1 unspecified atom stereocenters. The Morgan fingerprint density at radius 2 is 2.03 bits per heavy atom. The van der Waals surface area contributed by atoms with E-state index in [1.165, 1.54) is 0 Å². The largest absolute Gasteiger partial charge is 0.465 e. The van der Waals surface area contributed by atoms with Gasteiger partial charge in [-0.2, -0.15) is 4.98 Å². The molecule has 1 aromatic carbocycles. The molecule has 4 heterocycles. The number of aromatic nitrogens is 4. The molecule has 12 heteroatoms. The molecule has 4 aromatic rings. The van der Waals surface area contributed by atoms with Crippen LogP contribution in [-0.2, 0) is 0 Å². The standard InChI is InChI=1S/C22H22N8O4/c1-12-9-24-20(29-19(12)25-13-2-4-17-16(8-13)28-22(33)34-17)26-14-3-5-18(23-10-14)30-7-6-15(11-30)27-21(31)32/h2-5,8-10,15,27H,6-7,11H2,1H3,(H,28,33)(H,31,32)(H2,24,25,26,29). The average Bonchev–Trinajstić information content (AvgIpc) is 3.41. The van der Waals surface area contributed by atoms with E-state index in [2.05, 4.69) is 35.9 Å². The summed E-state index contributed by atoms with van der Waals surface area (Å²) in [6.45, 7) is 3.21. The molecule has 1 aliphatic heterocycles. The Morgan fingerprint density at radius 1 is 1.18 bits per heavy atom. The van der Waals surface area contributed by atoms with Crippen LogP contribution in [0.25, 0.3) is 11.1 Å². The number of oxazole rings is 1. The van der Waals surface area contributed by atoms with Crippen LogP contribution in [-0.4, -0.2) is 50.3 Å². The van der Waals surface area contributed by atoms with Crippen molar-refractivity contribution < 1.29 is 14.3 Å². The lowest BCUT2D eigenvalue weighted by Gasteiger charge is -2.18. The van der Waals surface area contributed by atoms with Gasteiger partial charge in [-0.3, -0.25) is 4.98 Å². The Labute approximate surface area is 193 Å². The number of carbonyl (C=O) groups is 1. The number of rotatable bonds is 6. The molecule has 3 aromatic heterocycles. The van der Waals surface area contributed by atoms with Crippen molar-refractivity contribution in [1.82, 2.24) is 25.3 Å². The molecule has 1 atom stereocenters. The number of nitrogens with one attached hydrogen (secondary N) is 4. The number of aryl methyl sites for hydroxylation is 1. The second kappa shape index (κ2) is 8.73. The summed E-state index contributed by atoms with van der Waals surface area (Å²) >= 11 is 0. The van der Waals surface area contributed by atoms with Crippen LogP contribution in [0, 0.1) is 6.92 Å². The summed E-state index contributed by atoms with van der Waals surface area (Å²) in [5, 5.41) is 17.8. The summed E-state index contributed by atoms with van der Waals surface area (Å²) in [6, 6.07) is 8.93. The van der Waals surface area contributed by atoms with E-state index in [1.54, 1.807) is 30.6 Å². The maximum atomic E-state index is 11.4. The molecule has 0 radical (unpaired) electrons. The summed E-state index contributed by atoms with van der Waals surface area (Å²) in [5.74, 6) is 1.28. The van der Waals surface area contributed by atoms with Crippen LogP contribution in [0.2, 0.25) is 0 Å². The van der Waals surface area contributed by atoms with Gasteiger partial charge < -0.3 is 30.4 Å². The third-order valence-electron chi connectivity index (χ3n) is 5.50. The van der Waals surface area contributed by atoms with Crippen LogP contribution in [0.3, 0.4) is 0 Å². The molecule has 5 rings (SSSR count). The number of amides is 1. The first kappa shape index (κ1) is 21.2. The average molecular weight is 462 g/mol. The molecule has 0 saturated carbocycles. The lowest BCUT2D eigenvalue weighted by molar-refractivity contribution is 0.191. The predicted octanol–water partition coefficient (Wildman–Crippen LogP) is 2.95. The number of hydrogen-bond donors (Lipinski definition) is 5. The Hall–Kier alpha value is -4.61. The van der Waals surface area contributed by atoms with Gasteiger partial charge in [-0.25, -0.2) is 19.6 Å². The second-order valence-electron chi connectivity index (χ2n) is 7.99. The highest BCUT2D eigenvalue weighted by Gasteiger charge is 2.24. The normalized spacial score (nSPS) is 15.4.